The molecule has 0 spiro atoms. The highest BCUT2D eigenvalue weighted by Crippen LogP contribution is 2.25. The highest BCUT2D eigenvalue weighted by molar-refractivity contribution is 7.89. The monoisotopic (exact) mass is 282 g/mol. The van der Waals surface area contributed by atoms with E-state index < -0.39 is 16.1 Å². The van der Waals surface area contributed by atoms with Crippen LogP contribution in [0.5, 0.6) is 0 Å². The molecule has 1 saturated heterocycles. The summed E-state index contributed by atoms with van der Waals surface area (Å²) < 4.78 is 28.1. The first-order chi connectivity index (χ1) is 9.00. The van der Waals surface area contributed by atoms with Gasteiger partial charge in [0, 0.05) is 19.3 Å². The van der Waals surface area contributed by atoms with E-state index >= 15 is 0 Å². The normalized spacial score (nSPS) is 20.6. The summed E-state index contributed by atoms with van der Waals surface area (Å²) >= 11 is 0. The van der Waals surface area contributed by atoms with E-state index in [4.69, 9.17) is 5.26 Å². The molecule has 2 heterocycles. The zero-order chi connectivity index (χ0) is 14.0. The molecule has 1 aliphatic rings. The molecule has 2 rings (SSSR count). The van der Waals surface area contributed by atoms with E-state index in [0.29, 0.717) is 18.8 Å². The summed E-state index contributed by atoms with van der Waals surface area (Å²) in [5.74, 6) is 0.688. The molecule has 0 radical (unpaired) electrons. The van der Waals surface area contributed by atoms with Crippen LogP contribution in [-0.2, 0) is 16.6 Å². The van der Waals surface area contributed by atoms with Crippen molar-refractivity contribution in [3.63, 3.8) is 0 Å². The van der Waals surface area contributed by atoms with Gasteiger partial charge in [-0.1, -0.05) is 6.92 Å². The van der Waals surface area contributed by atoms with Gasteiger partial charge in [-0.05, 0) is 26.2 Å². The molecule has 1 aromatic rings. The molecule has 1 atom stereocenters. The van der Waals surface area contributed by atoms with Crippen LogP contribution >= 0.6 is 0 Å². The van der Waals surface area contributed by atoms with Gasteiger partial charge in [0.2, 0.25) is 0 Å². The Morgan fingerprint density at radius 1 is 1.58 bits per heavy atom. The lowest BCUT2D eigenvalue weighted by Crippen LogP contribution is -2.34. The van der Waals surface area contributed by atoms with Gasteiger partial charge < -0.3 is 4.57 Å². The maximum absolute atomic E-state index is 12.5. The first-order valence-electron chi connectivity index (χ1n) is 6.46. The molecule has 0 aliphatic carbocycles. The third-order valence-electron chi connectivity index (χ3n) is 3.34. The number of aryl methyl sites for hydroxylation is 2. The van der Waals surface area contributed by atoms with Crippen molar-refractivity contribution in [3.05, 3.63) is 12.0 Å². The standard InChI is InChI=1S/C12H18N4O2S/c1-3-6-15-9-12(14-10(15)2)19(17,18)16-7-4-5-11(16)8-13/h9,11H,3-7H2,1-2H3. The zero-order valence-electron chi connectivity index (χ0n) is 11.2. The maximum Gasteiger partial charge on any atom is 0.263 e. The van der Waals surface area contributed by atoms with E-state index in [1.807, 2.05) is 17.6 Å². The third kappa shape index (κ3) is 2.51. The Balaban J connectivity index is 2.35. The highest BCUT2D eigenvalue weighted by Gasteiger charge is 2.36. The van der Waals surface area contributed by atoms with Crippen molar-refractivity contribution in [2.45, 2.75) is 50.7 Å². The van der Waals surface area contributed by atoms with Crippen LogP contribution in [-0.4, -0.2) is 34.9 Å². The van der Waals surface area contributed by atoms with Crippen molar-refractivity contribution in [2.75, 3.05) is 6.54 Å². The summed E-state index contributed by atoms with van der Waals surface area (Å²) in [7, 11) is -3.64. The van der Waals surface area contributed by atoms with Crippen LogP contribution in [0.3, 0.4) is 0 Å². The van der Waals surface area contributed by atoms with Gasteiger partial charge in [-0.15, -0.1) is 0 Å². The fourth-order valence-corrected chi connectivity index (χ4v) is 3.95. The molecule has 0 aromatic carbocycles. The van der Waals surface area contributed by atoms with Crippen molar-refractivity contribution in [3.8, 4) is 6.07 Å². The number of hydrogen-bond acceptors (Lipinski definition) is 4. The highest BCUT2D eigenvalue weighted by atomic mass is 32.2. The minimum atomic E-state index is -3.64. The minimum Gasteiger partial charge on any atom is -0.334 e. The average molecular weight is 282 g/mol. The SMILES string of the molecule is CCCn1cc(S(=O)(=O)N2CCCC2C#N)nc1C. The Morgan fingerprint density at radius 2 is 2.32 bits per heavy atom. The smallest absolute Gasteiger partial charge is 0.263 e. The van der Waals surface area contributed by atoms with Gasteiger partial charge in [0.15, 0.2) is 5.03 Å². The Kier molecular flexibility index (Phi) is 3.92. The lowest BCUT2D eigenvalue weighted by Gasteiger charge is -2.17. The molecule has 0 bridgehead atoms. The van der Waals surface area contributed by atoms with Crippen LogP contribution in [0.4, 0.5) is 0 Å². The lowest BCUT2D eigenvalue weighted by molar-refractivity contribution is 0.435. The van der Waals surface area contributed by atoms with Gasteiger partial charge in [-0.25, -0.2) is 13.4 Å². The number of rotatable bonds is 4. The molecule has 0 N–H and O–H groups in total. The zero-order valence-corrected chi connectivity index (χ0v) is 12.0. The van der Waals surface area contributed by atoms with Gasteiger partial charge in [0.1, 0.15) is 11.9 Å². The topological polar surface area (TPSA) is 79.0 Å². The van der Waals surface area contributed by atoms with Crippen molar-refractivity contribution < 1.29 is 8.42 Å². The van der Waals surface area contributed by atoms with Crippen LogP contribution in [0, 0.1) is 18.3 Å². The number of nitriles is 1. The van der Waals surface area contributed by atoms with Gasteiger partial charge >= 0.3 is 0 Å². The molecule has 1 unspecified atom stereocenters. The number of nitrogens with zero attached hydrogens (tertiary/aromatic N) is 4. The summed E-state index contributed by atoms with van der Waals surface area (Å²) in [5.41, 5.74) is 0. The summed E-state index contributed by atoms with van der Waals surface area (Å²) in [6.07, 6.45) is 3.82. The summed E-state index contributed by atoms with van der Waals surface area (Å²) in [6.45, 7) is 4.97. The summed E-state index contributed by atoms with van der Waals surface area (Å²) in [5, 5.41) is 9.07. The first-order valence-corrected chi connectivity index (χ1v) is 7.90. The Bertz CT molecular complexity index is 600. The molecule has 1 aliphatic heterocycles. The Morgan fingerprint density at radius 3 is 2.95 bits per heavy atom. The van der Waals surface area contributed by atoms with Crippen molar-refractivity contribution in [2.24, 2.45) is 0 Å². The minimum absolute atomic E-state index is 0.0561. The molecular formula is C12H18N4O2S. The fourth-order valence-electron chi connectivity index (χ4n) is 2.35. The van der Waals surface area contributed by atoms with Gasteiger partial charge in [0.25, 0.3) is 10.0 Å². The number of imidazole rings is 1. The molecule has 0 saturated carbocycles. The van der Waals surface area contributed by atoms with Crippen LogP contribution in [0.1, 0.15) is 32.0 Å². The molecule has 7 heteroatoms. The van der Waals surface area contributed by atoms with Crippen LogP contribution in [0.2, 0.25) is 0 Å². The van der Waals surface area contributed by atoms with Crippen LogP contribution in [0.25, 0.3) is 0 Å². The fraction of sp³-hybridized carbons (Fsp3) is 0.667. The quantitative estimate of drug-likeness (QED) is 0.833. The molecule has 1 aromatic heterocycles. The molecule has 19 heavy (non-hydrogen) atoms. The molecular weight excluding hydrogens is 264 g/mol. The molecule has 1 fully saturated rings. The largest absolute Gasteiger partial charge is 0.334 e. The average Bonchev–Trinajstić information content (AvgIpc) is 2.97. The van der Waals surface area contributed by atoms with E-state index in [9.17, 15) is 8.42 Å². The van der Waals surface area contributed by atoms with E-state index in [1.165, 1.54) is 4.31 Å². The Hall–Kier alpha value is -1.39. The molecule has 104 valence electrons. The number of aromatic nitrogens is 2. The summed E-state index contributed by atoms with van der Waals surface area (Å²) in [6, 6.07) is 1.49. The lowest BCUT2D eigenvalue weighted by atomic mass is 10.2. The van der Waals surface area contributed by atoms with Crippen molar-refractivity contribution in [1.82, 2.24) is 13.9 Å². The number of sulfonamides is 1. The van der Waals surface area contributed by atoms with Gasteiger partial charge in [-0.2, -0.15) is 9.57 Å². The molecule has 6 nitrogen and oxygen atoms in total. The van der Waals surface area contributed by atoms with E-state index in [-0.39, 0.29) is 5.03 Å². The summed E-state index contributed by atoms with van der Waals surface area (Å²) in [4.78, 5) is 4.14. The predicted octanol–water partition coefficient (Wildman–Crippen LogP) is 1.28. The van der Waals surface area contributed by atoms with E-state index in [2.05, 4.69) is 4.98 Å². The van der Waals surface area contributed by atoms with Crippen LogP contribution in [0.15, 0.2) is 11.2 Å². The van der Waals surface area contributed by atoms with E-state index in [1.54, 1.807) is 13.1 Å². The van der Waals surface area contributed by atoms with Gasteiger partial charge in [0.05, 0.1) is 6.07 Å². The van der Waals surface area contributed by atoms with Crippen LogP contribution < -0.4 is 0 Å². The second kappa shape index (κ2) is 5.31. The second-order valence-corrected chi connectivity index (χ2v) is 6.56. The first kappa shape index (κ1) is 14.0. The third-order valence-corrected chi connectivity index (χ3v) is 5.12. The molecule has 0 amide bonds. The Labute approximate surface area is 113 Å². The van der Waals surface area contributed by atoms with Crippen molar-refractivity contribution >= 4 is 10.0 Å². The second-order valence-electron chi connectivity index (χ2n) is 4.72. The predicted molar refractivity (Wildman–Crippen MR) is 69.8 cm³/mol. The van der Waals surface area contributed by atoms with Gasteiger partial charge in [-0.3, -0.25) is 0 Å². The van der Waals surface area contributed by atoms with E-state index in [0.717, 1.165) is 19.4 Å². The maximum atomic E-state index is 12.5. The van der Waals surface area contributed by atoms with Crippen molar-refractivity contribution in [1.29, 1.82) is 5.26 Å². The number of hydrogen-bond donors (Lipinski definition) is 0.